The molecule has 0 aliphatic heterocycles. The summed E-state index contributed by atoms with van der Waals surface area (Å²) in [6.07, 6.45) is 1.29. The molecule has 0 saturated heterocycles. The third-order valence-electron chi connectivity index (χ3n) is 6.10. The quantitative estimate of drug-likeness (QED) is 0.0644. The summed E-state index contributed by atoms with van der Waals surface area (Å²) in [6.45, 7) is 1.94. The van der Waals surface area contributed by atoms with Crippen molar-refractivity contribution in [3.05, 3.63) is 124 Å². The summed E-state index contributed by atoms with van der Waals surface area (Å²) in [5.41, 5.74) is 4.61. The minimum atomic E-state index is -1.05. The highest BCUT2D eigenvalue weighted by Crippen LogP contribution is 2.35. The summed E-state index contributed by atoms with van der Waals surface area (Å²) in [5.74, 6) is -2.87. The molecule has 1 aromatic heterocycles. The molecule has 214 valence electrons. The summed E-state index contributed by atoms with van der Waals surface area (Å²) < 4.78 is 6.37. The molecule has 0 fully saturated rings. The number of ether oxygens (including phenoxy) is 1. The van der Waals surface area contributed by atoms with Crippen LogP contribution in [-0.2, 0) is 9.59 Å². The van der Waals surface area contributed by atoms with Gasteiger partial charge >= 0.3 is 17.8 Å². The molecule has 4 aromatic carbocycles. The maximum absolute atomic E-state index is 12.8. The van der Waals surface area contributed by atoms with Crippen LogP contribution in [0.3, 0.4) is 0 Å². The number of hydrogen-bond acceptors (Lipinski definition) is 7. The summed E-state index contributed by atoms with van der Waals surface area (Å²) in [6, 6.07) is 27.4. The average Bonchev–Trinajstić information content (AvgIpc) is 3.35. The van der Waals surface area contributed by atoms with Gasteiger partial charge in [0.05, 0.1) is 22.5 Å². The van der Waals surface area contributed by atoms with Gasteiger partial charge in [-0.15, -0.1) is 11.3 Å². The van der Waals surface area contributed by atoms with Crippen molar-refractivity contribution in [2.45, 2.75) is 6.92 Å². The Labute approximate surface area is 255 Å². The molecule has 3 N–H and O–H groups in total. The third kappa shape index (κ3) is 7.13. The number of esters is 1. The first-order valence-electron chi connectivity index (χ1n) is 12.9. The van der Waals surface area contributed by atoms with Gasteiger partial charge in [-0.2, -0.15) is 5.10 Å². The SMILES string of the molecule is Cc1ccc(NC(=O)c2ccccc2NC(=O)C(=O)NN=Cc2cccc(OC(=O)c3sc4ccccc4c3Cl)c2)cc1. The van der Waals surface area contributed by atoms with Gasteiger partial charge < -0.3 is 15.4 Å². The van der Waals surface area contributed by atoms with Gasteiger partial charge in [0.1, 0.15) is 10.6 Å². The number of carbonyl (C=O) groups excluding carboxylic acids is 4. The molecule has 43 heavy (non-hydrogen) atoms. The Morgan fingerprint density at radius 1 is 0.837 bits per heavy atom. The fourth-order valence-electron chi connectivity index (χ4n) is 3.98. The lowest BCUT2D eigenvalue weighted by Crippen LogP contribution is -2.33. The van der Waals surface area contributed by atoms with E-state index in [0.29, 0.717) is 16.3 Å². The van der Waals surface area contributed by atoms with Crippen LogP contribution in [0.2, 0.25) is 5.02 Å². The number of para-hydroxylation sites is 1. The second-order valence-corrected chi connectivity index (χ2v) is 10.7. The van der Waals surface area contributed by atoms with E-state index in [9.17, 15) is 19.2 Å². The number of thiophene rings is 1. The highest BCUT2D eigenvalue weighted by molar-refractivity contribution is 7.21. The molecular formula is C32H23ClN4O5S. The number of hydrogen-bond donors (Lipinski definition) is 3. The number of amides is 3. The lowest BCUT2D eigenvalue weighted by molar-refractivity contribution is -0.136. The number of nitrogens with one attached hydrogen (secondary N) is 3. The highest BCUT2D eigenvalue weighted by Gasteiger charge is 2.20. The molecule has 0 atom stereocenters. The highest BCUT2D eigenvalue weighted by atomic mass is 35.5. The van der Waals surface area contributed by atoms with Crippen molar-refractivity contribution in [3.8, 4) is 5.75 Å². The Morgan fingerprint density at radius 3 is 2.37 bits per heavy atom. The molecule has 1 heterocycles. The minimum absolute atomic E-state index is 0.157. The molecular weight excluding hydrogens is 588 g/mol. The van der Waals surface area contributed by atoms with Crippen LogP contribution in [0.25, 0.3) is 10.1 Å². The molecule has 0 spiro atoms. The van der Waals surface area contributed by atoms with Crippen LogP contribution in [0, 0.1) is 6.92 Å². The van der Waals surface area contributed by atoms with Crippen molar-refractivity contribution < 1.29 is 23.9 Å². The van der Waals surface area contributed by atoms with Gasteiger partial charge in [-0.25, -0.2) is 10.2 Å². The lowest BCUT2D eigenvalue weighted by Gasteiger charge is -2.11. The smallest absolute Gasteiger partial charge is 0.355 e. The number of nitrogens with zero attached hydrogens (tertiary/aromatic N) is 1. The maximum atomic E-state index is 12.8. The monoisotopic (exact) mass is 610 g/mol. The van der Waals surface area contributed by atoms with Crippen LogP contribution in [0.4, 0.5) is 11.4 Å². The first kappa shape index (κ1) is 29.2. The largest absolute Gasteiger partial charge is 0.422 e. The van der Waals surface area contributed by atoms with E-state index < -0.39 is 23.7 Å². The molecule has 9 nitrogen and oxygen atoms in total. The zero-order valence-corrected chi connectivity index (χ0v) is 24.2. The van der Waals surface area contributed by atoms with E-state index in [0.717, 1.165) is 15.6 Å². The molecule has 0 bridgehead atoms. The number of benzene rings is 4. The molecule has 0 radical (unpaired) electrons. The first-order chi connectivity index (χ1) is 20.8. The minimum Gasteiger partial charge on any atom is -0.422 e. The number of halogens is 1. The molecule has 0 aliphatic rings. The Hall–Kier alpha value is -5.32. The van der Waals surface area contributed by atoms with Gasteiger partial charge in [0.15, 0.2) is 0 Å². The summed E-state index contributed by atoms with van der Waals surface area (Å²) in [5, 5.41) is 10.1. The number of hydrazone groups is 1. The predicted octanol–water partition coefficient (Wildman–Crippen LogP) is 6.42. The number of anilines is 2. The van der Waals surface area contributed by atoms with E-state index in [-0.39, 0.29) is 21.9 Å². The summed E-state index contributed by atoms with van der Waals surface area (Å²) in [7, 11) is 0. The van der Waals surface area contributed by atoms with E-state index in [1.807, 2.05) is 43.3 Å². The topological polar surface area (TPSA) is 126 Å². The van der Waals surface area contributed by atoms with Crippen LogP contribution < -0.4 is 20.8 Å². The predicted molar refractivity (Wildman–Crippen MR) is 168 cm³/mol. The fourth-order valence-corrected chi connectivity index (χ4v) is 5.36. The van der Waals surface area contributed by atoms with Gasteiger partial charge in [0.2, 0.25) is 0 Å². The van der Waals surface area contributed by atoms with Gasteiger partial charge in [-0.05, 0) is 55.0 Å². The Balaban J connectivity index is 1.18. The van der Waals surface area contributed by atoms with Crippen molar-refractivity contribution in [2.24, 2.45) is 5.10 Å². The van der Waals surface area contributed by atoms with Gasteiger partial charge in [0.25, 0.3) is 5.91 Å². The van der Waals surface area contributed by atoms with Crippen molar-refractivity contribution in [3.63, 3.8) is 0 Å². The van der Waals surface area contributed by atoms with Crippen molar-refractivity contribution in [1.29, 1.82) is 0 Å². The molecule has 11 heteroatoms. The molecule has 0 aliphatic carbocycles. The average molecular weight is 611 g/mol. The summed E-state index contributed by atoms with van der Waals surface area (Å²) in [4.78, 5) is 50.8. The number of rotatable bonds is 7. The normalized spacial score (nSPS) is 10.8. The molecule has 3 amide bonds. The van der Waals surface area contributed by atoms with E-state index in [1.54, 1.807) is 42.5 Å². The van der Waals surface area contributed by atoms with Crippen LogP contribution >= 0.6 is 22.9 Å². The number of aryl methyl sites for hydroxylation is 1. The van der Waals surface area contributed by atoms with Gasteiger partial charge in [0, 0.05) is 15.8 Å². The van der Waals surface area contributed by atoms with Crippen LogP contribution in [0.15, 0.2) is 102 Å². The molecule has 0 unspecified atom stereocenters. The zero-order chi connectivity index (χ0) is 30.3. The standard InChI is InChI=1S/C32H23ClN4O5S/c1-19-13-15-21(16-14-19)35-29(38)23-9-2-4-11-25(23)36-30(39)31(40)37-34-18-20-7-6-8-22(17-20)42-32(41)28-27(33)24-10-3-5-12-26(24)43-28/h2-18H,1H3,(H,35,38)(H,36,39)(H,37,40). The Kier molecular flexibility index (Phi) is 8.90. The van der Waals surface area contributed by atoms with Crippen LogP contribution in [0.1, 0.15) is 31.2 Å². The van der Waals surface area contributed by atoms with Gasteiger partial charge in [-0.1, -0.05) is 71.8 Å². The third-order valence-corrected chi connectivity index (χ3v) is 7.76. The molecule has 5 aromatic rings. The second-order valence-electron chi connectivity index (χ2n) is 9.22. The van der Waals surface area contributed by atoms with E-state index >= 15 is 0 Å². The van der Waals surface area contributed by atoms with Gasteiger partial charge in [-0.3, -0.25) is 14.4 Å². The Morgan fingerprint density at radius 2 is 1.58 bits per heavy atom. The van der Waals surface area contributed by atoms with E-state index in [2.05, 4.69) is 21.2 Å². The molecule has 0 saturated carbocycles. The zero-order valence-electron chi connectivity index (χ0n) is 22.6. The van der Waals surface area contributed by atoms with Crippen LogP contribution in [-0.4, -0.2) is 29.9 Å². The second kappa shape index (κ2) is 13.1. The summed E-state index contributed by atoms with van der Waals surface area (Å²) >= 11 is 7.62. The van der Waals surface area contributed by atoms with E-state index in [1.165, 1.54) is 35.8 Å². The Bertz CT molecular complexity index is 1880. The maximum Gasteiger partial charge on any atom is 0.355 e. The van der Waals surface area contributed by atoms with Crippen molar-refractivity contribution in [1.82, 2.24) is 5.43 Å². The number of fused-ring (bicyclic) bond motifs is 1. The van der Waals surface area contributed by atoms with E-state index in [4.69, 9.17) is 16.3 Å². The lowest BCUT2D eigenvalue weighted by atomic mass is 10.1. The van der Waals surface area contributed by atoms with Crippen LogP contribution in [0.5, 0.6) is 5.75 Å². The fraction of sp³-hybridized carbons (Fsp3) is 0.0312. The molecule has 5 rings (SSSR count). The van der Waals surface area contributed by atoms with Crippen molar-refractivity contribution >= 4 is 74.3 Å². The number of carbonyl (C=O) groups is 4. The first-order valence-corrected chi connectivity index (χ1v) is 14.1. The van der Waals surface area contributed by atoms with Crippen molar-refractivity contribution in [2.75, 3.05) is 10.6 Å².